The molecule has 0 bridgehead atoms. The van der Waals surface area contributed by atoms with Crippen molar-refractivity contribution in [1.82, 2.24) is 30.7 Å². The fourth-order valence-corrected chi connectivity index (χ4v) is 5.63. The fourth-order valence-electron chi connectivity index (χ4n) is 5.63. The second-order valence-electron chi connectivity index (χ2n) is 13.7. The average Bonchev–Trinajstić information content (AvgIpc) is 3.83. The number of imide groups is 3. The van der Waals surface area contributed by atoms with Gasteiger partial charge in [-0.2, -0.15) is 0 Å². The van der Waals surface area contributed by atoms with Crippen molar-refractivity contribution in [3.05, 3.63) is 36.5 Å². The quantitative estimate of drug-likeness (QED) is 0.0479. The molecule has 3 rings (SSSR count). The third-order valence-corrected chi connectivity index (χ3v) is 8.85. The van der Waals surface area contributed by atoms with E-state index in [0.717, 1.165) is 51.2 Å². The van der Waals surface area contributed by atoms with E-state index in [0.29, 0.717) is 19.3 Å². The Morgan fingerprint density at radius 2 is 0.721 bits per heavy atom. The molecule has 4 N–H and O–H groups in total. The van der Waals surface area contributed by atoms with E-state index < -0.39 is 46.8 Å². The van der Waals surface area contributed by atoms with Gasteiger partial charge in [-0.3, -0.25) is 62.6 Å². The molecule has 0 saturated heterocycles. The molecule has 0 spiro atoms. The molecule has 0 aromatic heterocycles. The van der Waals surface area contributed by atoms with E-state index in [1.165, 1.54) is 0 Å². The van der Waals surface area contributed by atoms with Crippen LogP contribution in [0.25, 0.3) is 0 Å². The van der Waals surface area contributed by atoms with Crippen molar-refractivity contribution in [2.75, 3.05) is 92.1 Å². The van der Waals surface area contributed by atoms with Crippen molar-refractivity contribution in [3.8, 4) is 0 Å². The first kappa shape index (κ1) is 53.4. The number of carbonyl (C=O) groups excluding carboxylic acids is 9. The van der Waals surface area contributed by atoms with E-state index >= 15 is 0 Å². The zero-order valence-electron chi connectivity index (χ0n) is 32.8. The highest BCUT2D eigenvalue weighted by Gasteiger charge is 2.33. The maximum Gasteiger partial charge on any atom is 0.305 e. The number of ether oxygens (including phenoxy) is 4. The van der Waals surface area contributed by atoms with Gasteiger partial charge in [0.15, 0.2) is 0 Å². The molecule has 3 aliphatic rings. The number of carbonyl (C=O) groups is 10. The number of nitrogens with one attached hydrogen (secondary N) is 3. The molecule has 61 heavy (non-hydrogen) atoms. The van der Waals surface area contributed by atoms with Gasteiger partial charge >= 0.3 is 5.97 Å². The molecule has 0 aromatic carbocycles. The van der Waals surface area contributed by atoms with Gasteiger partial charge in [0.25, 0.3) is 35.4 Å². The van der Waals surface area contributed by atoms with E-state index in [-0.39, 0.29) is 150 Å². The van der Waals surface area contributed by atoms with E-state index in [1.54, 1.807) is 0 Å². The second kappa shape index (κ2) is 28.8. The average molecular weight is 865 g/mol. The zero-order chi connectivity index (χ0) is 43.0. The first-order valence-corrected chi connectivity index (χ1v) is 19.2. The van der Waals surface area contributed by atoms with Gasteiger partial charge in [-0.25, -0.2) is 0 Å². The van der Waals surface area contributed by atoms with Crippen LogP contribution in [-0.2, 0) is 66.9 Å². The predicted molar refractivity (Wildman–Crippen MR) is 216 cm³/mol. The lowest BCUT2D eigenvalue weighted by Crippen LogP contribution is -2.42. The molecule has 0 unspecified atom stereocenters. The molecule has 9 amide bonds. The molecule has 0 saturated carbocycles. The molecular weight excluding hydrogens is 804 g/mol. The minimum absolute atomic E-state index is 0. The lowest BCUT2D eigenvalue weighted by atomic mass is 9.92. The second-order valence-corrected chi connectivity index (χ2v) is 13.7. The lowest BCUT2D eigenvalue weighted by molar-refractivity contribution is -0.140. The summed E-state index contributed by atoms with van der Waals surface area (Å²) in [6.07, 6.45) is 7.64. The predicted octanol–water partition coefficient (Wildman–Crippen LogP) is -0.750. The molecule has 0 aromatic rings. The molecule has 340 valence electrons. The Morgan fingerprint density at radius 3 is 0.984 bits per heavy atom. The van der Waals surface area contributed by atoms with Crippen LogP contribution in [0.2, 0.25) is 0 Å². The van der Waals surface area contributed by atoms with Gasteiger partial charge in [0.1, 0.15) is 0 Å². The number of aliphatic carboxylic acids is 1. The topological polar surface area (TPSA) is 274 Å². The lowest BCUT2D eigenvalue weighted by Gasteiger charge is -2.33. The van der Waals surface area contributed by atoms with Crippen LogP contribution in [0.15, 0.2) is 36.5 Å². The van der Waals surface area contributed by atoms with Crippen LogP contribution in [0.1, 0.15) is 59.8 Å². The number of rotatable bonds is 32. The summed E-state index contributed by atoms with van der Waals surface area (Å²) in [4.78, 5) is 121. The molecular formula is C40H60N6O15. The number of amides is 9. The van der Waals surface area contributed by atoms with Crippen molar-refractivity contribution < 1.29 is 72.0 Å². The number of carboxylic acid groups (broad SMARTS) is 1. The zero-order valence-corrected chi connectivity index (χ0v) is 32.8. The molecule has 0 radical (unpaired) electrons. The van der Waals surface area contributed by atoms with Crippen molar-refractivity contribution in [2.24, 2.45) is 5.41 Å². The summed E-state index contributed by atoms with van der Waals surface area (Å²) in [5.41, 5.74) is -0.942. The highest BCUT2D eigenvalue weighted by molar-refractivity contribution is 6.14. The molecule has 0 atom stereocenters. The number of nitrogens with zero attached hydrogens (tertiary/aromatic N) is 3. The summed E-state index contributed by atoms with van der Waals surface area (Å²) < 4.78 is 23.7. The summed E-state index contributed by atoms with van der Waals surface area (Å²) in [6, 6.07) is 0. The van der Waals surface area contributed by atoms with Crippen LogP contribution in [0.4, 0.5) is 0 Å². The third-order valence-electron chi connectivity index (χ3n) is 8.85. The van der Waals surface area contributed by atoms with Crippen LogP contribution >= 0.6 is 0 Å². The first-order chi connectivity index (χ1) is 28.3. The molecule has 0 fully saturated rings. The fraction of sp³-hybridized carbons (Fsp3) is 0.600. The van der Waals surface area contributed by atoms with Crippen LogP contribution < -0.4 is 16.0 Å². The van der Waals surface area contributed by atoms with Gasteiger partial charge in [0.05, 0.1) is 44.9 Å². The van der Waals surface area contributed by atoms with Gasteiger partial charge in [-0.05, 0) is 19.3 Å². The van der Waals surface area contributed by atoms with Crippen LogP contribution in [0.5, 0.6) is 0 Å². The minimum Gasteiger partial charge on any atom is -0.481 e. The van der Waals surface area contributed by atoms with E-state index in [1.807, 2.05) is 0 Å². The Balaban J connectivity index is 0.00000930. The van der Waals surface area contributed by atoms with Gasteiger partial charge in [0, 0.05) is 115 Å². The Hall–Kier alpha value is -5.64. The smallest absolute Gasteiger partial charge is 0.305 e. The van der Waals surface area contributed by atoms with Gasteiger partial charge in [0.2, 0.25) is 17.7 Å². The molecule has 3 heterocycles. The number of hydrogen-bond donors (Lipinski definition) is 4. The number of carboxylic acids is 1. The van der Waals surface area contributed by atoms with Crippen LogP contribution in [0, 0.1) is 5.41 Å². The molecule has 0 aliphatic carbocycles. The van der Waals surface area contributed by atoms with E-state index in [9.17, 15) is 47.9 Å². The van der Waals surface area contributed by atoms with Crippen LogP contribution in [0.3, 0.4) is 0 Å². The highest BCUT2D eigenvalue weighted by Crippen LogP contribution is 2.21. The van der Waals surface area contributed by atoms with Crippen LogP contribution in [-0.4, -0.2) is 171 Å². The summed E-state index contributed by atoms with van der Waals surface area (Å²) in [5, 5.41) is 17.3. The monoisotopic (exact) mass is 864 g/mol. The number of hydrogen-bond acceptors (Lipinski definition) is 14. The van der Waals surface area contributed by atoms with Gasteiger partial charge in [-0.1, -0.05) is 14.9 Å². The van der Waals surface area contributed by atoms with Crippen molar-refractivity contribution in [1.29, 1.82) is 0 Å². The van der Waals surface area contributed by atoms with Gasteiger partial charge in [-0.15, -0.1) is 0 Å². The maximum atomic E-state index is 12.3. The summed E-state index contributed by atoms with van der Waals surface area (Å²) in [6.45, 7) is 1.19. The minimum atomic E-state index is -1.05. The largest absolute Gasteiger partial charge is 0.481 e. The molecule has 3 aliphatic heterocycles. The van der Waals surface area contributed by atoms with E-state index in [2.05, 4.69) is 16.0 Å². The van der Waals surface area contributed by atoms with Crippen molar-refractivity contribution >= 4 is 59.1 Å². The Morgan fingerprint density at radius 1 is 0.459 bits per heavy atom. The Kier molecular flexibility index (Phi) is 25.2. The van der Waals surface area contributed by atoms with E-state index in [4.69, 9.17) is 24.1 Å². The SMILES string of the molecule is C.C.O=C(O)CCOCC(COCCCNC(=O)CCN1C(=O)C=CC1=O)(COCCCNC(=O)CCN1C(=O)C=CC1=O)COCCCNC(=O)CCN1C(=O)C=CC1=O. The first-order valence-electron chi connectivity index (χ1n) is 19.2. The normalized spacial score (nSPS) is 14.5. The standard InChI is InChI=1S/C38H52N6O15.2CH4/c45-28(10-17-42-31(48)4-5-32(42)49)39-14-1-20-56-24-38(27-59-23-13-37(54)55,25-57-21-2-15-40-29(46)11-18-43-33(50)6-7-34(43)51)26-58-22-3-16-41-30(47)12-19-44-35(52)8-9-36(44)53;;/h4-9H,1-3,10-27H2,(H,39,45)(H,40,46)(H,41,47)(H,54,55);2*1H4. The molecule has 21 heteroatoms. The third kappa shape index (κ3) is 20.0. The van der Waals surface area contributed by atoms with Crippen molar-refractivity contribution in [2.45, 2.75) is 59.8 Å². The summed E-state index contributed by atoms with van der Waals surface area (Å²) in [5.74, 6) is -4.94. The highest BCUT2D eigenvalue weighted by atomic mass is 16.5. The Labute approximate surface area is 355 Å². The van der Waals surface area contributed by atoms with Crippen molar-refractivity contribution in [3.63, 3.8) is 0 Å². The maximum absolute atomic E-state index is 12.3. The summed E-state index contributed by atoms with van der Waals surface area (Å²) in [7, 11) is 0. The summed E-state index contributed by atoms with van der Waals surface area (Å²) >= 11 is 0. The Bertz CT molecular complexity index is 1420. The van der Waals surface area contributed by atoms with Gasteiger partial charge < -0.3 is 40.0 Å². The molecule has 21 nitrogen and oxygen atoms in total.